The highest BCUT2D eigenvalue weighted by molar-refractivity contribution is 6.08. The lowest BCUT2D eigenvalue weighted by atomic mass is 9.79. The van der Waals surface area contributed by atoms with Crippen molar-refractivity contribution in [1.29, 1.82) is 0 Å². The minimum atomic E-state index is -2.13. The molecule has 1 aliphatic rings. The first-order valence-corrected chi connectivity index (χ1v) is 7.25. The zero-order chi connectivity index (χ0) is 17.5. The van der Waals surface area contributed by atoms with Crippen LogP contribution < -0.4 is 4.90 Å². The van der Waals surface area contributed by atoms with Crippen molar-refractivity contribution in [3.05, 3.63) is 65.7 Å². The average molecular weight is 295 g/mol. The fourth-order valence-corrected chi connectivity index (χ4v) is 2.95. The molecule has 1 unspecified atom stereocenters. The maximum absolute atomic E-state index is 12.8. The minimum Gasteiger partial charge on any atom is -0.314 e. The summed E-state index contributed by atoms with van der Waals surface area (Å²) in [5.41, 5.74) is 0.799. The van der Waals surface area contributed by atoms with E-state index in [1.807, 2.05) is 24.3 Å². The summed E-state index contributed by atoms with van der Waals surface area (Å²) >= 11 is 0. The molecule has 0 saturated heterocycles. The van der Waals surface area contributed by atoms with Crippen molar-refractivity contribution < 1.29 is 12.3 Å². The van der Waals surface area contributed by atoms with Crippen LogP contribution in [0.15, 0.2) is 54.6 Å². The van der Waals surface area contributed by atoms with Crippen LogP contribution in [-0.4, -0.2) is 18.7 Å². The normalized spacial score (nSPS) is 22.1. The van der Waals surface area contributed by atoms with Crippen molar-refractivity contribution >= 4 is 17.4 Å². The molecule has 0 fully saturated rings. The topological polar surface area (TPSA) is 37.4 Å². The van der Waals surface area contributed by atoms with Crippen LogP contribution in [0.25, 0.3) is 0 Å². The fraction of sp³-hybridized carbons (Fsp3) is 0.263. The molecule has 22 heavy (non-hydrogen) atoms. The van der Waals surface area contributed by atoms with Crippen molar-refractivity contribution in [2.75, 3.05) is 11.9 Å². The van der Waals surface area contributed by atoms with E-state index in [9.17, 15) is 9.59 Å². The van der Waals surface area contributed by atoms with E-state index < -0.39 is 17.6 Å². The molecule has 0 aromatic heterocycles. The van der Waals surface area contributed by atoms with E-state index in [4.69, 9.17) is 2.74 Å². The van der Waals surface area contributed by atoms with Crippen LogP contribution >= 0.6 is 0 Å². The Bertz CT molecular complexity index is 804. The Morgan fingerprint density at radius 3 is 2.50 bits per heavy atom. The predicted octanol–water partition coefficient (Wildman–Crippen LogP) is 3.58. The van der Waals surface area contributed by atoms with E-state index in [0.717, 1.165) is 11.3 Å². The Labute approximate surface area is 133 Å². The quantitative estimate of drug-likeness (QED) is 0.808. The van der Waals surface area contributed by atoms with Crippen molar-refractivity contribution in [1.82, 2.24) is 0 Å². The molecule has 1 heterocycles. The van der Waals surface area contributed by atoms with E-state index in [-0.39, 0.29) is 12.3 Å². The fourth-order valence-electron chi connectivity index (χ4n) is 2.95. The number of carbonyl (C=O) groups is 2. The highest BCUT2D eigenvalue weighted by Gasteiger charge is 2.45. The highest BCUT2D eigenvalue weighted by atomic mass is 16.2. The Morgan fingerprint density at radius 1 is 1.14 bits per heavy atom. The number of likely N-dealkylation sites (N-methyl/N-ethyl adjacent to an activating group) is 1. The van der Waals surface area contributed by atoms with Gasteiger partial charge in [-0.2, -0.15) is 0 Å². The van der Waals surface area contributed by atoms with Gasteiger partial charge in [-0.05, 0) is 25.0 Å². The molecule has 2 aromatic carbocycles. The lowest BCUT2D eigenvalue weighted by molar-refractivity contribution is -0.122. The summed E-state index contributed by atoms with van der Waals surface area (Å²) in [7, 11) is 1.68. The summed E-state index contributed by atoms with van der Waals surface area (Å²) in [6.07, 6.45) is -2.32. The number of anilines is 1. The molecule has 0 spiro atoms. The first-order valence-electron chi connectivity index (χ1n) is 8.25. The molecule has 112 valence electrons. The van der Waals surface area contributed by atoms with Crippen LogP contribution in [0, 0.1) is 0 Å². The van der Waals surface area contributed by atoms with Gasteiger partial charge in [-0.3, -0.25) is 9.59 Å². The van der Waals surface area contributed by atoms with Gasteiger partial charge in [0.25, 0.3) is 0 Å². The predicted molar refractivity (Wildman–Crippen MR) is 87.2 cm³/mol. The standard InChI is InChI=1S/C19H19NO2/c1-19(13-12-17(21)14-8-4-3-5-9-14)15-10-6-7-11-16(15)20(2)18(19)22/h3-11H,12-13H2,1-2H3/i12D2. The van der Waals surface area contributed by atoms with Gasteiger partial charge < -0.3 is 4.90 Å². The van der Waals surface area contributed by atoms with Crippen LogP contribution in [-0.2, 0) is 10.2 Å². The van der Waals surface area contributed by atoms with Crippen LogP contribution in [0.3, 0.4) is 0 Å². The summed E-state index contributed by atoms with van der Waals surface area (Å²) in [6.45, 7) is 1.72. The second-order valence-corrected chi connectivity index (χ2v) is 5.76. The number of nitrogens with zero attached hydrogens (tertiary/aromatic N) is 1. The number of fused-ring (bicyclic) bond motifs is 1. The molecular weight excluding hydrogens is 274 g/mol. The number of benzene rings is 2. The molecular formula is C19H19NO2. The zero-order valence-electron chi connectivity index (χ0n) is 14.7. The van der Waals surface area contributed by atoms with Crippen molar-refractivity contribution in [2.45, 2.75) is 25.1 Å². The number of Topliss-reactive ketones (excluding diaryl/α,β-unsaturated/α-hetero) is 1. The molecule has 3 nitrogen and oxygen atoms in total. The van der Waals surface area contributed by atoms with Crippen LogP contribution in [0.5, 0.6) is 0 Å². The van der Waals surface area contributed by atoms with Crippen LogP contribution in [0.4, 0.5) is 5.69 Å². The molecule has 3 rings (SSSR count). The van der Waals surface area contributed by atoms with Gasteiger partial charge >= 0.3 is 0 Å². The van der Waals surface area contributed by atoms with E-state index in [1.165, 1.54) is 0 Å². The Balaban J connectivity index is 1.97. The van der Waals surface area contributed by atoms with Crippen molar-refractivity contribution in [2.24, 2.45) is 0 Å². The number of hydrogen-bond donors (Lipinski definition) is 0. The Kier molecular flexibility index (Phi) is 2.99. The van der Waals surface area contributed by atoms with Gasteiger partial charge in [-0.1, -0.05) is 48.5 Å². The van der Waals surface area contributed by atoms with E-state index in [2.05, 4.69) is 0 Å². The third kappa shape index (κ3) is 2.23. The third-order valence-corrected chi connectivity index (χ3v) is 4.27. The summed E-state index contributed by atoms with van der Waals surface area (Å²) < 4.78 is 16.6. The molecule has 3 heteroatoms. The summed E-state index contributed by atoms with van der Waals surface area (Å²) in [6, 6.07) is 15.7. The summed E-state index contributed by atoms with van der Waals surface area (Å²) in [4.78, 5) is 26.9. The second kappa shape index (κ2) is 5.41. The summed E-state index contributed by atoms with van der Waals surface area (Å²) in [5, 5.41) is 0. The van der Waals surface area contributed by atoms with E-state index in [1.54, 1.807) is 49.2 Å². The van der Waals surface area contributed by atoms with E-state index >= 15 is 0 Å². The van der Waals surface area contributed by atoms with Gasteiger partial charge in [-0.25, -0.2) is 0 Å². The van der Waals surface area contributed by atoms with Crippen LogP contribution in [0.1, 0.15) is 38.4 Å². The van der Waals surface area contributed by atoms with Crippen LogP contribution in [0.2, 0.25) is 0 Å². The zero-order valence-corrected chi connectivity index (χ0v) is 12.7. The van der Waals surface area contributed by atoms with Gasteiger partial charge in [0, 0.05) is 27.4 Å². The van der Waals surface area contributed by atoms with Gasteiger partial charge in [0.05, 0.1) is 5.41 Å². The SMILES string of the molecule is [2H]C([2H])(CC1(C)C(=O)N(C)c2ccccc21)C(=O)c1ccccc1. The first kappa shape index (κ1) is 12.2. The molecule has 1 aliphatic heterocycles. The molecule has 1 atom stereocenters. The third-order valence-electron chi connectivity index (χ3n) is 4.27. The molecule has 0 saturated carbocycles. The van der Waals surface area contributed by atoms with Gasteiger partial charge in [0.1, 0.15) is 0 Å². The number of para-hydroxylation sites is 1. The number of rotatable bonds is 4. The average Bonchev–Trinajstić information content (AvgIpc) is 2.77. The van der Waals surface area contributed by atoms with Gasteiger partial charge in [-0.15, -0.1) is 0 Å². The van der Waals surface area contributed by atoms with Crippen molar-refractivity contribution in [3.63, 3.8) is 0 Å². The minimum absolute atomic E-state index is 0.187. The molecule has 1 amide bonds. The number of carbonyl (C=O) groups excluding carboxylic acids is 2. The lowest BCUT2D eigenvalue weighted by Gasteiger charge is -2.22. The lowest BCUT2D eigenvalue weighted by Crippen LogP contribution is -2.36. The van der Waals surface area contributed by atoms with Gasteiger partial charge in [0.15, 0.2) is 5.78 Å². The Hall–Kier alpha value is -2.42. The molecule has 0 bridgehead atoms. The van der Waals surface area contributed by atoms with E-state index in [0.29, 0.717) is 5.56 Å². The number of hydrogen-bond acceptors (Lipinski definition) is 2. The Morgan fingerprint density at radius 2 is 1.77 bits per heavy atom. The first-order chi connectivity index (χ1) is 11.3. The highest BCUT2D eigenvalue weighted by Crippen LogP contribution is 2.43. The largest absolute Gasteiger partial charge is 0.314 e. The smallest absolute Gasteiger partial charge is 0.237 e. The number of ketones is 1. The van der Waals surface area contributed by atoms with Crippen molar-refractivity contribution in [3.8, 4) is 0 Å². The second-order valence-electron chi connectivity index (χ2n) is 5.76. The molecule has 0 N–H and O–H groups in total. The molecule has 2 aromatic rings. The molecule has 0 aliphatic carbocycles. The molecule has 0 radical (unpaired) electrons. The number of amides is 1. The summed E-state index contributed by atoms with van der Waals surface area (Å²) in [5.74, 6) is -0.780. The monoisotopic (exact) mass is 295 g/mol. The van der Waals surface area contributed by atoms with Gasteiger partial charge in [0.2, 0.25) is 5.91 Å². The maximum atomic E-state index is 12.8. The maximum Gasteiger partial charge on any atom is 0.237 e.